The third-order valence-electron chi connectivity index (χ3n) is 3.61. The summed E-state index contributed by atoms with van der Waals surface area (Å²) in [5.74, 6) is 0.508. The van der Waals surface area contributed by atoms with Crippen molar-refractivity contribution in [2.45, 2.75) is 32.7 Å². The first-order chi connectivity index (χ1) is 9.04. The van der Waals surface area contributed by atoms with E-state index in [1.807, 2.05) is 13.8 Å². The molecule has 1 saturated heterocycles. The Kier molecular flexibility index (Phi) is 4.62. The van der Waals surface area contributed by atoms with E-state index < -0.39 is 0 Å². The van der Waals surface area contributed by atoms with E-state index in [1.54, 1.807) is 6.20 Å². The highest BCUT2D eigenvalue weighted by molar-refractivity contribution is 9.10. The molecule has 0 radical (unpaired) electrons. The number of hydrogen-bond acceptors (Lipinski definition) is 4. The van der Waals surface area contributed by atoms with E-state index in [0.717, 1.165) is 25.2 Å². The molecule has 2 N–H and O–H groups in total. The number of rotatable bonds is 3. The lowest BCUT2D eigenvalue weighted by Crippen LogP contribution is -2.40. The third kappa shape index (κ3) is 3.00. The zero-order valence-electron chi connectivity index (χ0n) is 11.5. The van der Waals surface area contributed by atoms with Gasteiger partial charge in [0.1, 0.15) is 4.47 Å². The van der Waals surface area contributed by atoms with Crippen LogP contribution in [-0.4, -0.2) is 29.4 Å². The number of nitrogens with two attached hydrogens (primary N) is 1. The number of nitrogens with zero attached hydrogens (tertiary/aromatic N) is 3. The highest BCUT2D eigenvalue weighted by Gasteiger charge is 2.22. The Hall–Kier alpha value is -0.880. The van der Waals surface area contributed by atoms with Crippen LogP contribution in [-0.2, 0) is 0 Å². The molecule has 6 heteroatoms. The van der Waals surface area contributed by atoms with Gasteiger partial charge in [0, 0.05) is 13.1 Å². The van der Waals surface area contributed by atoms with Crippen LogP contribution in [0, 0.1) is 5.92 Å². The van der Waals surface area contributed by atoms with Crippen LogP contribution in [0.25, 0.3) is 0 Å². The second kappa shape index (κ2) is 6.05. The summed E-state index contributed by atoms with van der Waals surface area (Å²) in [7, 11) is 0. The van der Waals surface area contributed by atoms with Crippen LogP contribution in [0.15, 0.2) is 15.5 Å². The lowest BCUT2D eigenvalue weighted by atomic mass is 9.98. The Morgan fingerprint density at radius 1 is 1.58 bits per heavy atom. The predicted molar refractivity (Wildman–Crippen MR) is 80.6 cm³/mol. The summed E-state index contributed by atoms with van der Waals surface area (Å²) in [4.78, 5) is 14.4. The average molecular weight is 329 g/mol. The van der Waals surface area contributed by atoms with Crippen LogP contribution in [0.3, 0.4) is 0 Å². The second-order valence-corrected chi connectivity index (χ2v) is 6.17. The standard InChI is InChI=1S/C13H21BrN4O/c1-9(2)18-13(19)12(14)11(7-16-18)17-5-3-4-10(6-15)8-17/h7,9-10H,3-6,8,15H2,1-2H3. The normalized spacial score (nSPS) is 20.1. The van der Waals surface area contributed by atoms with E-state index in [2.05, 4.69) is 25.9 Å². The largest absolute Gasteiger partial charge is 0.369 e. The van der Waals surface area contributed by atoms with Gasteiger partial charge in [0.2, 0.25) is 0 Å². The number of halogens is 1. The van der Waals surface area contributed by atoms with Crippen molar-refractivity contribution in [2.24, 2.45) is 11.7 Å². The second-order valence-electron chi connectivity index (χ2n) is 5.38. The molecule has 1 aliphatic heterocycles. The quantitative estimate of drug-likeness (QED) is 0.918. The van der Waals surface area contributed by atoms with Crippen molar-refractivity contribution < 1.29 is 0 Å². The van der Waals surface area contributed by atoms with Gasteiger partial charge in [-0.05, 0) is 55.1 Å². The molecule has 1 aromatic heterocycles. The Morgan fingerprint density at radius 2 is 2.32 bits per heavy atom. The van der Waals surface area contributed by atoms with E-state index >= 15 is 0 Å². The monoisotopic (exact) mass is 328 g/mol. The maximum absolute atomic E-state index is 12.2. The van der Waals surface area contributed by atoms with Crippen LogP contribution < -0.4 is 16.2 Å². The highest BCUT2D eigenvalue weighted by Crippen LogP contribution is 2.27. The van der Waals surface area contributed by atoms with Gasteiger partial charge in [-0.1, -0.05) is 0 Å². The maximum Gasteiger partial charge on any atom is 0.283 e. The molecule has 0 saturated carbocycles. The van der Waals surface area contributed by atoms with Gasteiger partial charge >= 0.3 is 0 Å². The van der Waals surface area contributed by atoms with Gasteiger partial charge in [-0.3, -0.25) is 4.79 Å². The smallest absolute Gasteiger partial charge is 0.283 e. The summed E-state index contributed by atoms with van der Waals surface area (Å²) in [6.07, 6.45) is 4.06. The van der Waals surface area contributed by atoms with Crippen molar-refractivity contribution in [3.63, 3.8) is 0 Å². The zero-order chi connectivity index (χ0) is 14.0. The topological polar surface area (TPSA) is 64.2 Å². The van der Waals surface area contributed by atoms with Gasteiger partial charge in [0.15, 0.2) is 0 Å². The van der Waals surface area contributed by atoms with Crippen molar-refractivity contribution >= 4 is 21.6 Å². The van der Waals surface area contributed by atoms with Crippen molar-refractivity contribution in [1.29, 1.82) is 0 Å². The van der Waals surface area contributed by atoms with Crippen LogP contribution in [0.2, 0.25) is 0 Å². The van der Waals surface area contributed by atoms with Crippen molar-refractivity contribution in [3.8, 4) is 0 Å². The van der Waals surface area contributed by atoms with E-state index in [4.69, 9.17) is 5.73 Å². The molecule has 1 aliphatic rings. The SMILES string of the molecule is CC(C)n1ncc(N2CCCC(CN)C2)c(Br)c1=O. The molecule has 0 bridgehead atoms. The maximum atomic E-state index is 12.2. The molecule has 1 aromatic rings. The molecular formula is C13H21BrN4O. The molecule has 1 fully saturated rings. The molecule has 0 aliphatic carbocycles. The van der Waals surface area contributed by atoms with E-state index in [1.165, 1.54) is 11.1 Å². The predicted octanol–water partition coefficient (Wildman–Crippen LogP) is 1.76. The van der Waals surface area contributed by atoms with Gasteiger partial charge in [-0.15, -0.1) is 0 Å². The van der Waals surface area contributed by atoms with Crippen LogP contribution in [0.4, 0.5) is 5.69 Å². The number of anilines is 1. The van der Waals surface area contributed by atoms with Gasteiger partial charge in [-0.25, -0.2) is 4.68 Å². The number of aromatic nitrogens is 2. The zero-order valence-corrected chi connectivity index (χ0v) is 13.1. The lowest BCUT2D eigenvalue weighted by molar-refractivity contribution is 0.421. The fraction of sp³-hybridized carbons (Fsp3) is 0.692. The molecule has 0 spiro atoms. The summed E-state index contributed by atoms with van der Waals surface area (Å²) in [6.45, 7) is 6.46. The molecule has 1 atom stereocenters. The third-order valence-corrected chi connectivity index (χ3v) is 4.35. The van der Waals surface area contributed by atoms with Crippen LogP contribution >= 0.6 is 15.9 Å². The fourth-order valence-corrected chi connectivity index (χ4v) is 3.04. The summed E-state index contributed by atoms with van der Waals surface area (Å²) < 4.78 is 2.10. The Morgan fingerprint density at radius 3 is 2.95 bits per heavy atom. The summed E-state index contributed by atoms with van der Waals surface area (Å²) in [6, 6.07) is 0.0657. The summed E-state index contributed by atoms with van der Waals surface area (Å²) in [5, 5.41) is 4.27. The highest BCUT2D eigenvalue weighted by atomic mass is 79.9. The molecule has 1 unspecified atom stereocenters. The molecule has 0 amide bonds. The minimum Gasteiger partial charge on any atom is -0.369 e. The van der Waals surface area contributed by atoms with Crippen molar-refractivity contribution in [2.75, 3.05) is 24.5 Å². The van der Waals surface area contributed by atoms with Gasteiger partial charge < -0.3 is 10.6 Å². The molecule has 19 heavy (non-hydrogen) atoms. The molecule has 5 nitrogen and oxygen atoms in total. The van der Waals surface area contributed by atoms with E-state index in [-0.39, 0.29) is 11.6 Å². The number of piperidine rings is 1. The Balaban J connectivity index is 2.30. The first kappa shape index (κ1) is 14.5. The lowest BCUT2D eigenvalue weighted by Gasteiger charge is -2.34. The van der Waals surface area contributed by atoms with Gasteiger partial charge in [0.25, 0.3) is 5.56 Å². The van der Waals surface area contributed by atoms with Crippen LogP contribution in [0.1, 0.15) is 32.7 Å². The van der Waals surface area contributed by atoms with Crippen LogP contribution in [0.5, 0.6) is 0 Å². The summed E-state index contributed by atoms with van der Waals surface area (Å²) >= 11 is 3.43. The first-order valence-electron chi connectivity index (χ1n) is 6.77. The molecule has 2 rings (SSSR count). The molecule has 0 aromatic carbocycles. The van der Waals surface area contributed by atoms with E-state index in [9.17, 15) is 4.79 Å². The van der Waals surface area contributed by atoms with Crippen molar-refractivity contribution in [1.82, 2.24) is 9.78 Å². The van der Waals surface area contributed by atoms with Gasteiger partial charge in [-0.2, -0.15) is 5.10 Å². The summed E-state index contributed by atoms with van der Waals surface area (Å²) in [5.41, 5.74) is 6.58. The minimum atomic E-state index is -0.0672. The Bertz CT molecular complexity index is 500. The number of hydrogen-bond donors (Lipinski definition) is 1. The first-order valence-corrected chi connectivity index (χ1v) is 7.56. The molecular weight excluding hydrogens is 308 g/mol. The fourth-order valence-electron chi connectivity index (χ4n) is 2.50. The van der Waals surface area contributed by atoms with Gasteiger partial charge in [0.05, 0.1) is 17.9 Å². The average Bonchev–Trinajstić information content (AvgIpc) is 2.41. The molecule has 106 valence electrons. The van der Waals surface area contributed by atoms with Crippen molar-refractivity contribution in [3.05, 3.63) is 21.0 Å². The molecule has 2 heterocycles. The minimum absolute atomic E-state index is 0.0657. The Labute approximate surface area is 121 Å². The van der Waals surface area contributed by atoms with E-state index in [0.29, 0.717) is 16.9 Å².